The van der Waals surface area contributed by atoms with Crippen LogP contribution in [0.1, 0.15) is 12.0 Å². The summed E-state index contributed by atoms with van der Waals surface area (Å²) in [6, 6.07) is 8.18. The highest BCUT2D eigenvalue weighted by atomic mass is 16.2. The summed E-state index contributed by atoms with van der Waals surface area (Å²) in [4.78, 5) is 16.2. The second-order valence-corrected chi connectivity index (χ2v) is 4.80. The Kier molecular flexibility index (Phi) is 4.33. The largest absolute Gasteiger partial charge is 0.329 e. The van der Waals surface area contributed by atoms with Crippen LogP contribution in [0.5, 0.6) is 0 Å². The first kappa shape index (κ1) is 13.1. The summed E-state index contributed by atoms with van der Waals surface area (Å²) < 4.78 is 0. The molecule has 0 aliphatic carbocycles. The second-order valence-electron chi connectivity index (χ2n) is 4.80. The van der Waals surface area contributed by atoms with Crippen LogP contribution in [0.3, 0.4) is 0 Å². The summed E-state index contributed by atoms with van der Waals surface area (Å²) >= 11 is 0. The number of amides is 1. The van der Waals surface area contributed by atoms with Crippen molar-refractivity contribution >= 4 is 11.6 Å². The number of nitrogens with two attached hydrogens (primary N) is 1. The summed E-state index contributed by atoms with van der Waals surface area (Å²) in [5.41, 5.74) is 7.85. The van der Waals surface area contributed by atoms with E-state index < -0.39 is 0 Å². The van der Waals surface area contributed by atoms with Crippen molar-refractivity contribution in [2.24, 2.45) is 5.73 Å². The van der Waals surface area contributed by atoms with Gasteiger partial charge >= 0.3 is 0 Å². The lowest BCUT2D eigenvalue weighted by Crippen LogP contribution is -2.42. The maximum Gasteiger partial charge on any atom is 0.241 e. The van der Waals surface area contributed by atoms with Gasteiger partial charge in [-0.25, -0.2) is 0 Å². The summed E-state index contributed by atoms with van der Waals surface area (Å²) in [6.45, 7) is 2.60. The fourth-order valence-corrected chi connectivity index (χ4v) is 2.41. The minimum Gasteiger partial charge on any atom is -0.329 e. The number of carbonyl (C=O) groups excluding carboxylic acids is 1. The molecule has 4 nitrogen and oxygen atoms in total. The Morgan fingerprint density at radius 2 is 2.22 bits per heavy atom. The summed E-state index contributed by atoms with van der Waals surface area (Å²) in [6.07, 6.45) is 2.11. The van der Waals surface area contributed by atoms with Crippen LogP contribution in [-0.4, -0.2) is 44.0 Å². The topological polar surface area (TPSA) is 49.6 Å². The van der Waals surface area contributed by atoms with Gasteiger partial charge in [-0.3, -0.25) is 9.69 Å². The van der Waals surface area contributed by atoms with Gasteiger partial charge in [0.05, 0.1) is 6.54 Å². The highest BCUT2D eigenvalue weighted by Crippen LogP contribution is 2.26. The van der Waals surface area contributed by atoms with Crippen LogP contribution in [-0.2, 0) is 11.2 Å². The third-order valence-electron chi connectivity index (χ3n) is 3.33. The lowest BCUT2D eigenvalue weighted by Gasteiger charge is -2.30. The number of fused-ring (bicyclic) bond motifs is 1. The minimum absolute atomic E-state index is 0.165. The van der Waals surface area contributed by atoms with Gasteiger partial charge in [0.1, 0.15) is 0 Å². The van der Waals surface area contributed by atoms with Gasteiger partial charge in [-0.1, -0.05) is 18.2 Å². The fraction of sp³-hybridized carbons (Fsp3) is 0.500. The van der Waals surface area contributed by atoms with Gasteiger partial charge in [0.15, 0.2) is 0 Å². The zero-order valence-corrected chi connectivity index (χ0v) is 10.9. The van der Waals surface area contributed by atoms with Crippen molar-refractivity contribution in [3.8, 4) is 0 Å². The quantitative estimate of drug-likeness (QED) is 0.858. The monoisotopic (exact) mass is 247 g/mol. The van der Waals surface area contributed by atoms with Gasteiger partial charge in [-0.05, 0) is 31.5 Å². The van der Waals surface area contributed by atoms with E-state index in [4.69, 9.17) is 5.73 Å². The molecular formula is C14H21N3O. The zero-order chi connectivity index (χ0) is 13.0. The molecule has 18 heavy (non-hydrogen) atoms. The molecule has 1 aromatic rings. The van der Waals surface area contributed by atoms with Crippen molar-refractivity contribution in [3.05, 3.63) is 29.8 Å². The molecule has 1 heterocycles. The van der Waals surface area contributed by atoms with Gasteiger partial charge in [-0.2, -0.15) is 0 Å². The number of hydrogen-bond acceptors (Lipinski definition) is 3. The molecule has 0 spiro atoms. The normalized spacial score (nSPS) is 14.7. The Hall–Kier alpha value is -1.39. The van der Waals surface area contributed by atoms with Crippen molar-refractivity contribution in [1.29, 1.82) is 0 Å². The zero-order valence-electron chi connectivity index (χ0n) is 10.9. The van der Waals surface area contributed by atoms with Crippen molar-refractivity contribution in [1.82, 2.24) is 4.90 Å². The van der Waals surface area contributed by atoms with E-state index in [1.54, 1.807) is 0 Å². The van der Waals surface area contributed by atoms with Crippen LogP contribution < -0.4 is 10.6 Å². The lowest BCUT2D eigenvalue weighted by atomic mass is 10.0. The molecule has 0 fully saturated rings. The predicted molar refractivity (Wildman–Crippen MR) is 73.7 cm³/mol. The Labute approximate surface area is 108 Å². The van der Waals surface area contributed by atoms with Crippen molar-refractivity contribution < 1.29 is 4.79 Å². The number of rotatable bonds is 4. The number of aryl methyl sites for hydroxylation is 1. The van der Waals surface area contributed by atoms with Crippen LogP contribution >= 0.6 is 0 Å². The van der Waals surface area contributed by atoms with Crippen molar-refractivity contribution in [2.75, 3.05) is 38.1 Å². The lowest BCUT2D eigenvalue weighted by molar-refractivity contribution is -0.119. The number of carbonyl (C=O) groups is 1. The number of para-hydroxylation sites is 1. The molecule has 4 heteroatoms. The SMILES string of the molecule is CN(CCN)CC(=O)N1CCCc2ccccc21. The van der Waals surface area contributed by atoms with Crippen molar-refractivity contribution in [2.45, 2.75) is 12.8 Å². The molecule has 0 unspecified atom stereocenters. The third-order valence-corrected chi connectivity index (χ3v) is 3.33. The fourth-order valence-electron chi connectivity index (χ4n) is 2.41. The van der Waals surface area contributed by atoms with E-state index in [2.05, 4.69) is 6.07 Å². The van der Waals surface area contributed by atoms with Crippen LogP contribution in [0.15, 0.2) is 24.3 Å². The van der Waals surface area contributed by atoms with Crippen LogP contribution in [0, 0.1) is 0 Å². The van der Waals surface area contributed by atoms with Crippen LogP contribution in [0.4, 0.5) is 5.69 Å². The van der Waals surface area contributed by atoms with E-state index in [-0.39, 0.29) is 5.91 Å². The van der Waals surface area contributed by atoms with E-state index in [1.807, 2.05) is 35.0 Å². The summed E-state index contributed by atoms with van der Waals surface area (Å²) in [5, 5.41) is 0. The number of nitrogens with zero attached hydrogens (tertiary/aromatic N) is 2. The minimum atomic E-state index is 0.165. The first-order valence-corrected chi connectivity index (χ1v) is 6.49. The van der Waals surface area contributed by atoms with Gasteiger partial charge in [-0.15, -0.1) is 0 Å². The van der Waals surface area contributed by atoms with E-state index in [0.29, 0.717) is 13.1 Å². The highest BCUT2D eigenvalue weighted by Gasteiger charge is 2.22. The number of likely N-dealkylation sites (N-methyl/N-ethyl adjacent to an activating group) is 1. The van der Waals surface area contributed by atoms with Crippen LogP contribution in [0.25, 0.3) is 0 Å². The molecule has 0 saturated carbocycles. The summed E-state index contributed by atoms with van der Waals surface area (Å²) in [7, 11) is 1.93. The molecule has 0 bridgehead atoms. The van der Waals surface area contributed by atoms with E-state index in [1.165, 1.54) is 5.56 Å². The molecule has 1 aliphatic rings. The average molecular weight is 247 g/mol. The van der Waals surface area contributed by atoms with Gasteiger partial charge in [0, 0.05) is 25.3 Å². The molecule has 0 atom stereocenters. The first-order valence-electron chi connectivity index (χ1n) is 6.49. The standard InChI is InChI=1S/C14H21N3O/c1-16(10-8-15)11-14(18)17-9-4-6-12-5-2-3-7-13(12)17/h2-3,5,7H,4,6,8-11,15H2,1H3. The number of benzene rings is 1. The smallest absolute Gasteiger partial charge is 0.241 e. The Balaban J connectivity index is 2.08. The molecular weight excluding hydrogens is 226 g/mol. The van der Waals surface area contributed by atoms with Crippen LogP contribution in [0.2, 0.25) is 0 Å². The van der Waals surface area contributed by atoms with E-state index >= 15 is 0 Å². The molecule has 0 aromatic heterocycles. The summed E-state index contributed by atoms with van der Waals surface area (Å²) in [5.74, 6) is 0.165. The average Bonchev–Trinajstić information content (AvgIpc) is 2.38. The molecule has 1 aromatic carbocycles. The first-order chi connectivity index (χ1) is 8.72. The van der Waals surface area contributed by atoms with Crippen molar-refractivity contribution in [3.63, 3.8) is 0 Å². The Bertz CT molecular complexity index is 419. The molecule has 1 amide bonds. The number of hydrogen-bond donors (Lipinski definition) is 1. The third kappa shape index (κ3) is 2.89. The molecule has 2 N–H and O–H groups in total. The predicted octanol–water partition coefficient (Wildman–Crippen LogP) is 0.856. The Morgan fingerprint density at radius 1 is 1.44 bits per heavy atom. The maximum absolute atomic E-state index is 12.3. The number of anilines is 1. The molecule has 2 rings (SSSR count). The molecule has 1 aliphatic heterocycles. The molecule has 98 valence electrons. The van der Waals surface area contributed by atoms with E-state index in [0.717, 1.165) is 31.6 Å². The molecule has 0 saturated heterocycles. The second kappa shape index (κ2) is 5.98. The van der Waals surface area contributed by atoms with E-state index in [9.17, 15) is 4.79 Å². The maximum atomic E-state index is 12.3. The molecule has 0 radical (unpaired) electrons. The van der Waals surface area contributed by atoms with Gasteiger partial charge in [0.2, 0.25) is 5.91 Å². The highest BCUT2D eigenvalue weighted by molar-refractivity contribution is 5.95. The Morgan fingerprint density at radius 3 is 3.00 bits per heavy atom. The van der Waals surface area contributed by atoms with Gasteiger partial charge < -0.3 is 10.6 Å². The van der Waals surface area contributed by atoms with Gasteiger partial charge in [0.25, 0.3) is 0 Å².